The second-order valence-electron chi connectivity index (χ2n) is 32.2. The lowest BCUT2D eigenvalue weighted by Gasteiger charge is -2.09. The minimum absolute atomic E-state index is 0.00555. The van der Waals surface area contributed by atoms with Crippen molar-refractivity contribution in [3.63, 3.8) is 0 Å². The van der Waals surface area contributed by atoms with Crippen molar-refractivity contribution in [2.45, 2.75) is 55.4 Å². The summed E-state index contributed by atoms with van der Waals surface area (Å²) in [6.07, 6.45) is 0. The highest BCUT2D eigenvalue weighted by Gasteiger charge is 2.18. The summed E-state index contributed by atoms with van der Waals surface area (Å²) in [6.45, 7) is 15.1. The SMILES string of the molecule is CC(=O)c1ccc(Oc2ccc(C)cc2)cc1.CC(=O)c1ccc(Oc2ccc(Oc3ccc(C)cc3)cc2)cc1.COc1ccc(C(=O)c2ccc(C(=O)c3ccc(C)cc3)cc2)cc1.COc1ccc(C(=O)c2ccc(C)cc2)cc1.COc1ccc(Oc2ccc(C(=O)c3ccc(C(=O)c4ccc(C)cc4)cc3)cc2)cc1.COc1ccc(Oc2ccc(C(=O)c3ccc(C)cc3)cc2)cc1. The van der Waals surface area contributed by atoms with E-state index in [1.165, 1.54) is 11.1 Å². The Labute approximate surface area is 810 Å². The molecule has 0 heterocycles. The molecule has 17 rings (SSSR count). The van der Waals surface area contributed by atoms with Crippen molar-refractivity contribution in [2.24, 2.45) is 0 Å². The predicted molar refractivity (Wildman–Crippen MR) is 545 cm³/mol. The molecule has 0 atom stereocenters. The monoisotopic (exact) mass is 1840 g/mol. The molecule has 0 bridgehead atoms. The van der Waals surface area contributed by atoms with Crippen LogP contribution in [0.4, 0.5) is 0 Å². The van der Waals surface area contributed by atoms with Gasteiger partial charge in [0.1, 0.15) is 80.5 Å². The van der Waals surface area contributed by atoms with E-state index < -0.39 is 0 Å². The highest BCUT2D eigenvalue weighted by atomic mass is 16.5. The van der Waals surface area contributed by atoms with Gasteiger partial charge in [0.25, 0.3) is 0 Å². The van der Waals surface area contributed by atoms with E-state index in [9.17, 15) is 38.4 Å². The first-order valence-corrected chi connectivity index (χ1v) is 44.6. The van der Waals surface area contributed by atoms with Gasteiger partial charge >= 0.3 is 0 Å². The number of aryl methyl sites for hydroxylation is 6. The van der Waals surface area contributed by atoms with E-state index in [1.54, 1.807) is 236 Å². The third kappa shape index (κ3) is 30.2. The van der Waals surface area contributed by atoms with Crippen molar-refractivity contribution >= 4 is 46.3 Å². The van der Waals surface area contributed by atoms with E-state index in [1.807, 2.05) is 260 Å². The Balaban J connectivity index is 0.000000151. The van der Waals surface area contributed by atoms with Gasteiger partial charge in [0.05, 0.1) is 28.4 Å². The fourth-order valence-corrected chi connectivity index (χ4v) is 13.5. The molecule has 0 saturated heterocycles. The first-order valence-electron chi connectivity index (χ1n) is 44.6. The number of ketones is 8. The van der Waals surface area contributed by atoms with Crippen LogP contribution in [-0.4, -0.2) is 74.7 Å². The zero-order valence-electron chi connectivity index (χ0n) is 79.2. The number of Topliss-reactive ketones (excluding diaryl/α,β-unsaturated/α-hetero) is 2. The summed E-state index contributed by atoms with van der Waals surface area (Å²) in [5, 5.41) is 0. The van der Waals surface area contributed by atoms with Crippen LogP contribution in [0.5, 0.6) is 80.5 Å². The Hall–Kier alpha value is -17.7. The van der Waals surface area contributed by atoms with E-state index in [2.05, 4.69) is 0 Å². The summed E-state index contributed by atoms with van der Waals surface area (Å²) < 4.78 is 49.2. The second kappa shape index (κ2) is 49.9. The minimum atomic E-state index is -0.115. The number of carbonyl (C=O) groups excluding carboxylic acids is 8. The Morgan fingerprint density at radius 2 is 0.216 bits per heavy atom. The van der Waals surface area contributed by atoms with Gasteiger partial charge in [-0.15, -0.1) is 0 Å². The summed E-state index contributed by atoms with van der Waals surface area (Å²) >= 11 is 0. The molecule has 17 heteroatoms. The van der Waals surface area contributed by atoms with Gasteiger partial charge in [0.2, 0.25) is 0 Å². The summed E-state index contributed by atoms with van der Waals surface area (Å²) in [5.74, 6) is 10.0. The van der Waals surface area contributed by atoms with Crippen LogP contribution in [-0.2, 0) is 0 Å². The first kappa shape index (κ1) is 100. The summed E-state index contributed by atoms with van der Waals surface area (Å²) in [7, 11) is 6.43. The molecule has 0 saturated carbocycles. The van der Waals surface area contributed by atoms with Crippen LogP contribution in [0.3, 0.4) is 0 Å². The Kier molecular flexibility index (Phi) is 36.0. The molecule has 0 N–H and O–H groups in total. The quantitative estimate of drug-likeness (QED) is 0.0416. The van der Waals surface area contributed by atoms with Gasteiger partial charge in [0, 0.05) is 77.9 Å². The number of hydrogen-bond acceptors (Lipinski definition) is 17. The van der Waals surface area contributed by atoms with Crippen LogP contribution < -0.4 is 42.6 Å². The molecule has 0 radical (unpaired) electrons. The lowest BCUT2D eigenvalue weighted by atomic mass is 9.98. The Morgan fingerprint density at radius 1 is 0.129 bits per heavy atom. The van der Waals surface area contributed by atoms with Gasteiger partial charge in [-0.05, 0) is 298 Å². The van der Waals surface area contributed by atoms with E-state index >= 15 is 0 Å². The minimum Gasteiger partial charge on any atom is -0.497 e. The fraction of sp³-hybridized carbons (Fsp3) is 0.0984. The first-order chi connectivity index (χ1) is 67.2. The van der Waals surface area contributed by atoms with Crippen molar-refractivity contribution < 1.29 is 81.0 Å². The van der Waals surface area contributed by atoms with Crippen molar-refractivity contribution in [3.05, 3.63) is 524 Å². The van der Waals surface area contributed by atoms with Crippen molar-refractivity contribution in [1.29, 1.82) is 0 Å². The standard InChI is InChI=1S/C28H22O4.C22H18O3.2C21H18O3.2C15H14O2/c1-19-3-5-20(6-4-19)27(29)21-7-9-22(10-8-21)28(30)23-11-13-25(14-12-23)32-26-17-15-24(31-2)16-18-26;1-15-3-5-16(6-4-15)21(23)17-7-9-18(10-8-17)22(24)19-11-13-20(25-2)14-12-19;1-15-3-7-18(8-4-15)23-20-11-13-21(14-12-20)24-19-9-5-17(6-10-19)16(2)22;1-15-3-5-16(6-4-15)21(22)17-7-9-19(10-8-17)24-20-13-11-18(23-2)12-14-20;1-11-3-7-14(8-4-11)17-15-9-5-13(6-10-15)12(2)16;1-11-3-5-12(6-4-11)15(16)13-7-9-14(17-2)10-8-13/h3-18H,1-2H3;3-14H,1-2H3;2*3-14H,1-2H3;2*3-10H,1-2H3. The molecule has 0 unspecified atom stereocenters. The average Bonchev–Trinajstić information content (AvgIpc) is 0.822. The molecule has 0 spiro atoms. The Morgan fingerprint density at radius 3 is 0.345 bits per heavy atom. The van der Waals surface area contributed by atoms with Crippen LogP contribution in [0, 0.1) is 41.5 Å². The third-order valence-electron chi connectivity index (χ3n) is 21.7. The van der Waals surface area contributed by atoms with Crippen molar-refractivity contribution in [1.82, 2.24) is 0 Å². The molecule has 0 aliphatic heterocycles. The zero-order valence-corrected chi connectivity index (χ0v) is 79.2. The highest BCUT2D eigenvalue weighted by molar-refractivity contribution is 6.14. The fourth-order valence-electron chi connectivity index (χ4n) is 13.5. The lowest BCUT2D eigenvalue weighted by Crippen LogP contribution is -2.04. The smallest absolute Gasteiger partial charge is 0.193 e. The van der Waals surface area contributed by atoms with Gasteiger partial charge in [0.15, 0.2) is 46.3 Å². The maximum atomic E-state index is 12.8. The van der Waals surface area contributed by atoms with E-state index in [4.69, 9.17) is 42.6 Å². The number of benzene rings is 17. The number of hydrogen-bond donors (Lipinski definition) is 0. The highest BCUT2D eigenvalue weighted by Crippen LogP contribution is 2.32. The summed E-state index contributed by atoms with van der Waals surface area (Å²) in [6, 6.07) is 124. The van der Waals surface area contributed by atoms with Crippen LogP contribution >= 0.6 is 0 Å². The summed E-state index contributed by atoms with van der Waals surface area (Å²) in [5.41, 5.74) is 15.5. The van der Waals surface area contributed by atoms with Gasteiger partial charge < -0.3 is 42.6 Å². The third-order valence-corrected chi connectivity index (χ3v) is 21.7. The normalized spacial score (nSPS) is 10.2. The lowest BCUT2D eigenvalue weighted by molar-refractivity contribution is 0.100. The zero-order chi connectivity index (χ0) is 98.7. The maximum Gasteiger partial charge on any atom is 0.193 e. The topological polar surface area (TPSA) is 220 Å². The molecule has 0 aliphatic carbocycles. The largest absolute Gasteiger partial charge is 0.497 e. The van der Waals surface area contributed by atoms with Crippen LogP contribution in [0.1, 0.15) is 163 Å². The number of methoxy groups -OCH3 is 4. The summed E-state index contributed by atoms with van der Waals surface area (Å²) in [4.78, 5) is 97.4. The number of carbonyl (C=O) groups is 8. The van der Waals surface area contributed by atoms with Crippen LogP contribution in [0.15, 0.2) is 413 Å². The van der Waals surface area contributed by atoms with E-state index in [0.717, 1.165) is 62.5 Å². The van der Waals surface area contributed by atoms with Gasteiger partial charge in [-0.2, -0.15) is 0 Å². The second-order valence-corrected chi connectivity index (χ2v) is 32.2. The molecule has 17 aromatic rings. The molecule has 0 amide bonds. The maximum absolute atomic E-state index is 12.8. The van der Waals surface area contributed by atoms with Crippen LogP contribution in [0.2, 0.25) is 0 Å². The Bertz CT molecular complexity index is 6930. The molecule has 0 aliphatic rings. The van der Waals surface area contributed by atoms with E-state index in [-0.39, 0.29) is 46.3 Å². The molecule has 0 aromatic heterocycles. The molecule has 0 fully saturated rings. The molecule has 17 nitrogen and oxygen atoms in total. The number of ether oxygens (including phenoxy) is 9. The molecule has 694 valence electrons. The van der Waals surface area contributed by atoms with Gasteiger partial charge in [-0.25, -0.2) is 0 Å². The average molecular weight is 1840 g/mol. The molecule has 17 aromatic carbocycles. The van der Waals surface area contributed by atoms with Gasteiger partial charge in [-0.1, -0.05) is 203 Å². The van der Waals surface area contributed by atoms with Crippen molar-refractivity contribution in [3.8, 4) is 80.5 Å². The van der Waals surface area contributed by atoms with Crippen LogP contribution in [0.25, 0.3) is 0 Å². The molecule has 139 heavy (non-hydrogen) atoms. The van der Waals surface area contributed by atoms with Gasteiger partial charge in [-0.3, -0.25) is 38.4 Å². The van der Waals surface area contributed by atoms with Crippen molar-refractivity contribution in [2.75, 3.05) is 28.4 Å². The molecular formula is C122H104O17. The molecular weight excluding hydrogens is 1740 g/mol. The van der Waals surface area contributed by atoms with E-state index in [0.29, 0.717) is 118 Å². The predicted octanol–water partition coefficient (Wildman–Crippen LogP) is 28.8. The number of rotatable bonds is 28.